The second-order valence-electron chi connectivity index (χ2n) is 8.92. The van der Waals surface area contributed by atoms with E-state index in [1.807, 2.05) is 24.4 Å². The Morgan fingerprint density at radius 3 is 2.58 bits per heavy atom. The number of nitrogens with one attached hydrogen (secondary N) is 2. The zero-order chi connectivity index (χ0) is 22.5. The van der Waals surface area contributed by atoms with Crippen molar-refractivity contribution in [2.45, 2.75) is 63.3 Å². The minimum absolute atomic E-state index is 0.0568. The zero-order valence-electron chi connectivity index (χ0n) is 18.8. The number of fused-ring (bicyclic) bond motifs is 1. The lowest BCUT2D eigenvalue weighted by Gasteiger charge is -2.32. The second-order valence-corrected chi connectivity index (χ2v) is 8.92. The second kappa shape index (κ2) is 10.0. The molecule has 0 spiro atoms. The first kappa shape index (κ1) is 21.4. The van der Waals surface area contributed by atoms with Gasteiger partial charge in [-0.15, -0.1) is 10.2 Å². The van der Waals surface area contributed by atoms with Crippen LogP contribution in [0.1, 0.15) is 60.9 Å². The summed E-state index contributed by atoms with van der Waals surface area (Å²) in [5.74, 6) is 1.60. The minimum atomic E-state index is 0.0568. The van der Waals surface area contributed by atoms with Crippen LogP contribution in [0.2, 0.25) is 0 Å². The van der Waals surface area contributed by atoms with Crippen LogP contribution in [0.3, 0.4) is 0 Å². The molecule has 6 heteroatoms. The van der Waals surface area contributed by atoms with Gasteiger partial charge in [0.15, 0.2) is 0 Å². The first-order chi connectivity index (χ1) is 16.3. The summed E-state index contributed by atoms with van der Waals surface area (Å²) in [5, 5.41) is 12.8. The summed E-state index contributed by atoms with van der Waals surface area (Å²) < 4.78 is 5.81. The average molecular weight is 443 g/mol. The molecule has 1 amide bonds. The Labute approximate surface area is 193 Å². The molecule has 1 fully saturated rings. The van der Waals surface area contributed by atoms with Crippen LogP contribution in [-0.4, -0.2) is 27.1 Å². The van der Waals surface area contributed by atoms with E-state index >= 15 is 0 Å². The summed E-state index contributed by atoms with van der Waals surface area (Å²) in [6, 6.07) is 19.0. The highest BCUT2D eigenvalue weighted by Gasteiger charge is 2.27. The molecule has 0 unspecified atom stereocenters. The molecule has 2 aromatic heterocycles. The Kier molecular flexibility index (Phi) is 6.51. The van der Waals surface area contributed by atoms with Crippen LogP contribution in [0, 0.1) is 0 Å². The van der Waals surface area contributed by atoms with E-state index in [1.54, 1.807) is 0 Å². The van der Waals surface area contributed by atoms with Crippen LogP contribution in [0.25, 0.3) is 10.9 Å². The van der Waals surface area contributed by atoms with E-state index in [0.717, 1.165) is 31.2 Å². The maximum Gasteiger partial charge on any atom is 0.220 e. The molecule has 2 heterocycles. The van der Waals surface area contributed by atoms with Crippen molar-refractivity contribution >= 4 is 16.8 Å². The van der Waals surface area contributed by atoms with Crippen molar-refractivity contribution in [1.29, 1.82) is 0 Å². The predicted molar refractivity (Wildman–Crippen MR) is 128 cm³/mol. The number of benzene rings is 2. The summed E-state index contributed by atoms with van der Waals surface area (Å²) in [6.45, 7) is 0. The van der Waals surface area contributed by atoms with E-state index in [2.05, 4.69) is 56.9 Å². The quantitative estimate of drug-likeness (QED) is 0.397. The lowest BCUT2D eigenvalue weighted by molar-refractivity contribution is -0.122. The van der Waals surface area contributed by atoms with Gasteiger partial charge in [0, 0.05) is 48.3 Å². The molecule has 0 radical (unpaired) electrons. The van der Waals surface area contributed by atoms with Gasteiger partial charge in [0.25, 0.3) is 0 Å². The zero-order valence-corrected chi connectivity index (χ0v) is 18.8. The van der Waals surface area contributed by atoms with Gasteiger partial charge >= 0.3 is 0 Å². The third kappa shape index (κ3) is 5.16. The molecule has 6 nitrogen and oxygen atoms in total. The lowest BCUT2D eigenvalue weighted by atomic mass is 9.80. The number of carbonyl (C=O) groups is 1. The molecule has 2 N–H and O–H groups in total. The van der Waals surface area contributed by atoms with E-state index in [4.69, 9.17) is 4.42 Å². The smallest absolute Gasteiger partial charge is 0.220 e. The van der Waals surface area contributed by atoms with Crippen molar-refractivity contribution in [2.24, 2.45) is 0 Å². The fourth-order valence-corrected chi connectivity index (χ4v) is 4.97. The average Bonchev–Trinajstić information content (AvgIpc) is 3.49. The molecule has 170 valence electrons. The first-order valence-electron chi connectivity index (χ1n) is 12.0. The first-order valence-corrected chi connectivity index (χ1v) is 12.0. The summed E-state index contributed by atoms with van der Waals surface area (Å²) in [5.41, 5.74) is 3.70. The molecule has 0 bridgehead atoms. The third-order valence-electron chi connectivity index (χ3n) is 6.70. The monoisotopic (exact) mass is 442 g/mol. The summed E-state index contributed by atoms with van der Waals surface area (Å²) in [7, 11) is 0. The number of aryl methyl sites for hydroxylation is 3. The summed E-state index contributed by atoms with van der Waals surface area (Å²) in [6.07, 6.45) is 8.92. The molecule has 33 heavy (non-hydrogen) atoms. The predicted octanol–water partition coefficient (Wildman–Crippen LogP) is 5.11. The molecule has 0 saturated heterocycles. The number of aromatic amines is 1. The maximum absolute atomic E-state index is 12.7. The van der Waals surface area contributed by atoms with Crippen molar-refractivity contribution < 1.29 is 9.21 Å². The van der Waals surface area contributed by atoms with Crippen LogP contribution in [0.4, 0.5) is 0 Å². The molecule has 5 rings (SSSR count). The fraction of sp³-hybridized carbons (Fsp3) is 0.370. The topological polar surface area (TPSA) is 83.8 Å². The third-order valence-corrected chi connectivity index (χ3v) is 6.70. The number of carbonyl (C=O) groups excluding carboxylic acids is 1. The van der Waals surface area contributed by atoms with Crippen LogP contribution < -0.4 is 5.32 Å². The maximum atomic E-state index is 12.7. The van der Waals surface area contributed by atoms with Gasteiger partial charge in [0.2, 0.25) is 17.7 Å². The van der Waals surface area contributed by atoms with Crippen molar-refractivity contribution in [3.8, 4) is 0 Å². The Balaban J connectivity index is 1.12. The Morgan fingerprint density at radius 1 is 0.939 bits per heavy atom. The number of aromatic nitrogens is 3. The molecule has 1 saturated carbocycles. The highest BCUT2D eigenvalue weighted by molar-refractivity contribution is 5.83. The van der Waals surface area contributed by atoms with Crippen LogP contribution >= 0.6 is 0 Å². The Hall–Kier alpha value is -3.41. The molecular weight excluding hydrogens is 412 g/mol. The van der Waals surface area contributed by atoms with Gasteiger partial charge in [0.05, 0.1) is 0 Å². The number of hydrogen-bond acceptors (Lipinski definition) is 4. The largest absolute Gasteiger partial charge is 0.425 e. The van der Waals surface area contributed by atoms with Crippen molar-refractivity contribution in [3.63, 3.8) is 0 Å². The van der Waals surface area contributed by atoms with Crippen molar-refractivity contribution in [2.75, 3.05) is 0 Å². The molecule has 4 aromatic rings. The SMILES string of the molecule is O=C(CCc1nnc(CCc2c[nH]c3ccccc23)o1)N[C@@H]1CCCC[C@H]1c1ccccc1. The van der Waals surface area contributed by atoms with Crippen molar-refractivity contribution in [3.05, 3.63) is 83.7 Å². The Bertz CT molecular complexity index is 1200. The van der Waals surface area contributed by atoms with E-state index in [0.29, 0.717) is 37.0 Å². The van der Waals surface area contributed by atoms with Gasteiger partial charge < -0.3 is 14.7 Å². The standard InChI is InChI=1S/C27H30N4O2/c32-25(29-24-13-7-5-10-21(24)19-8-2-1-3-9-19)15-17-27-31-30-26(33-27)16-14-20-18-28-23-12-6-4-11-22(20)23/h1-4,6,8-9,11-12,18,21,24,28H,5,7,10,13-17H2,(H,29,32)/t21-,24+/m0/s1. The highest BCUT2D eigenvalue weighted by atomic mass is 16.4. The van der Waals surface area contributed by atoms with Crippen LogP contribution in [0.5, 0.6) is 0 Å². The Morgan fingerprint density at radius 2 is 1.70 bits per heavy atom. The normalized spacial score (nSPS) is 18.4. The molecule has 0 aliphatic heterocycles. The van der Waals surface area contributed by atoms with Crippen molar-refractivity contribution in [1.82, 2.24) is 20.5 Å². The number of hydrogen-bond donors (Lipinski definition) is 2. The van der Waals surface area contributed by atoms with E-state index in [9.17, 15) is 4.79 Å². The van der Waals surface area contributed by atoms with Gasteiger partial charge in [0.1, 0.15) is 0 Å². The molecule has 2 atom stereocenters. The van der Waals surface area contributed by atoms with Gasteiger partial charge in [-0.2, -0.15) is 0 Å². The van der Waals surface area contributed by atoms with E-state index in [1.165, 1.54) is 22.9 Å². The lowest BCUT2D eigenvalue weighted by Crippen LogP contribution is -2.41. The molecule has 1 aliphatic carbocycles. The minimum Gasteiger partial charge on any atom is -0.425 e. The van der Waals surface area contributed by atoms with Crippen LogP contribution in [-0.2, 0) is 24.1 Å². The van der Waals surface area contributed by atoms with Crippen LogP contribution in [0.15, 0.2) is 65.2 Å². The van der Waals surface area contributed by atoms with Gasteiger partial charge in [-0.3, -0.25) is 4.79 Å². The molecule has 1 aliphatic rings. The number of nitrogens with zero attached hydrogens (tertiary/aromatic N) is 2. The van der Waals surface area contributed by atoms with Gasteiger partial charge in [-0.25, -0.2) is 0 Å². The molecular formula is C27H30N4O2. The van der Waals surface area contributed by atoms with Gasteiger partial charge in [-0.05, 0) is 36.5 Å². The van der Waals surface area contributed by atoms with Gasteiger partial charge in [-0.1, -0.05) is 61.4 Å². The fourth-order valence-electron chi connectivity index (χ4n) is 4.97. The molecule has 2 aromatic carbocycles. The number of amides is 1. The van der Waals surface area contributed by atoms with E-state index < -0.39 is 0 Å². The number of H-pyrrole nitrogens is 1. The number of rotatable bonds is 8. The summed E-state index contributed by atoms with van der Waals surface area (Å²) >= 11 is 0. The highest BCUT2D eigenvalue weighted by Crippen LogP contribution is 2.33. The number of para-hydroxylation sites is 1. The van der Waals surface area contributed by atoms with E-state index in [-0.39, 0.29) is 11.9 Å². The summed E-state index contributed by atoms with van der Waals surface area (Å²) in [4.78, 5) is 16.0.